The molecule has 4 nitrogen and oxygen atoms in total. The molecule has 1 amide bonds. The molecule has 2 aliphatic heterocycles. The number of hydrogen-bond acceptors (Lipinski definition) is 3. The Morgan fingerprint density at radius 3 is 2.87 bits per heavy atom. The van der Waals surface area contributed by atoms with E-state index in [0.29, 0.717) is 12.5 Å². The van der Waals surface area contributed by atoms with Crippen LogP contribution < -0.4 is 5.32 Å². The molecule has 2 aliphatic rings. The summed E-state index contributed by atoms with van der Waals surface area (Å²) in [4.78, 5) is 14.8. The molecule has 0 spiro atoms. The SMILES string of the molecule is CCc1ccc(C2CNCCN2C(=O)CCC2CCCO2)cc1. The van der Waals surface area contributed by atoms with Crippen molar-refractivity contribution in [1.82, 2.24) is 10.2 Å². The number of amides is 1. The highest BCUT2D eigenvalue weighted by Gasteiger charge is 2.28. The number of rotatable bonds is 5. The van der Waals surface area contributed by atoms with Crippen LogP contribution in [0.4, 0.5) is 0 Å². The molecule has 2 atom stereocenters. The van der Waals surface area contributed by atoms with Crippen LogP contribution in [0.2, 0.25) is 0 Å². The van der Waals surface area contributed by atoms with Gasteiger partial charge in [0.25, 0.3) is 0 Å². The van der Waals surface area contributed by atoms with E-state index < -0.39 is 0 Å². The topological polar surface area (TPSA) is 41.6 Å². The van der Waals surface area contributed by atoms with E-state index in [1.54, 1.807) is 0 Å². The fraction of sp³-hybridized carbons (Fsp3) is 0.632. The average molecular weight is 316 g/mol. The normalized spacial score (nSPS) is 24.8. The zero-order valence-electron chi connectivity index (χ0n) is 14.1. The Balaban J connectivity index is 1.63. The van der Waals surface area contributed by atoms with Gasteiger partial charge in [0.05, 0.1) is 12.1 Å². The van der Waals surface area contributed by atoms with Crippen LogP contribution in [0.15, 0.2) is 24.3 Å². The highest BCUT2D eigenvalue weighted by Crippen LogP contribution is 2.25. The summed E-state index contributed by atoms with van der Waals surface area (Å²) in [5, 5.41) is 3.43. The third-order valence-electron chi connectivity index (χ3n) is 5.04. The van der Waals surface area contributed by atoms with Crippen molar-refractivity contribution in [3.05, 3.63) is 35.4 Å². The van der Waals surface area contributed by atoms with E-state index in [2.05, 4.69) is 41.4 Å². The molecule has 2 heterocycles. The van der Waals surface area contributed by atoms with E-state index in [4.69, 9.17) is 4.74 Å². The van der Waals surface area contributed by atoms with Crippen molar-refractivity contribution in [2.75, 3.05) is 26.2 Å². The maximum Gasteiger partial charge on any atom is 0.223 e. The van der Waals surface area contributed by atoms with Gasteiger partial charge >= 0.3 is 0 Å². The van der Waals surface area contributed by atoms with Crippen molar-refractivity contribution in [2.24, 2.45) is 0 Å². The molecule has 23 heavy (non-hydrogen) atoms. The monoisotopic (exact) mass is 316 g/mol. The standard InChI is InChI=1S/C19H28N2O2/c1-2-15-5-7-16(8-6-15)18-14-20-11-12-21(18)19(22)10-9-17-4-3-13-23-17/h5-8,17-18,20H,2-4,9-14H2,1H3. The molecule has 126 valence electrons. The number of piperazine rings is 1. The molecule has 0 aliphatic carbocycles. The minimum absolute atomic E-state index is 0.159. The van der Waals surface area contributed by atoms with Crippen molar-refractivity contribution < 1.29 is 9.53 Å². The van der Waals surface area contributed by atoms with E-state index in [1.165, 1.54) is 11.1 Å². The van der Waals surface area contributed by atoms with Gasteiger partial charge in [-0.1, -0.05) is 31.2 Å². The van der Waals surface area contributed by atoms with Crippen LogP contribution in [0, 0.1) is 0 Å². The summed E-state index contributed by atoms with van der Waals surface area (Å²) in [6, 6.07) is 8.87. The van der Waals surface area contributed by atoms with E-state index in [0.717, 1.165) is 51.9 Å². The van der Waals surface area contributed by atoms with Gasteiger partial charge in [-0.25, -0.2) is 0 Å². The van der Waals surface area contributed by atoms with E-state index in [-0.39, 0.29) is 11.9 Å². The fourth-order valence-corrected chi connectivity index (χ4v) is 3.58. The first-order chi connectivity index (χ1) is 11.3. The second-order valence-corrected chi connectivity index (χ2v) is 6.58. The summed E-state index contributed by atoms with van der Waals surface area (Å²) in [6.45, 7) is 5.55. The third kappa shape index (κ3) is 4.12. The highest BCUT2D eigenvalue weighted by atomic mass is 16.5. The van der Waals surface area contributed by atoms with Crippen molar-refractivity contribution >= 4 is 5.91 Å². The molecule has 0 bridgehead atoms. The maximum atomic E-state index is 12.7. The smallest absolute Gasteiger partial charge is 0.223 e. The lowest BCUT2D eigenvalue weighted by molar-refractivity contribution is -0.135. The Bertz CT molecular complexity index is 509. The number of ether oxygens (including phenoxy) is 1. The van der Waals surface area contributed by atoms with Crippen LogP contribution in [-0.4, -0.2) is 43.2 Å². The summed E-state index contributed by atoms with van der Waals surface area (Å²) in [7, 11) is 0. The Morgan fingerprint density at radius 1 is 1.35 bits per heavy atom. The molecule has 3 rings (SSSR count). The molecular formula is C19H28N2O2. The lowest BCUT2D eigenvalue weighted by Gasteiger charge is -2.37. The lowest BCUT2D eigenvalue weighted by atomic mass is 10.00. The van der Waals surface area contributed by atoms with Crippen LogP contribution in [0.3, 0.4) is 0 Å². The van der Waals surface area contributed by atoms with Gasteiger partial charge < -0.3 is 15.0 Å². The Morgan fingerprint density at radius 2 is 2.17 bits per heavy atom. The predicted molar refractivity (Wildman–Crippen MR) is 91.4 cm³/mol. The molecule has 2 unspecified atom stereocenters. The van der Waals surface area contributed by atoms with Crippen LogP contribution in [-0.2, 0) is 16.0 Å². The Labute approximate surface area is 139 Å². The second-order valence-electron chi connectivity index (χ2n) is 6.58. The van der Waals surface area contributed by atoms with Crippen LogP contribution in [0.5, 0.6) is 0 Å². The number of nitrogens with zero attached hydrogens (tertiary/aromatic N) is 1. The molecule has 0 radical (unpaired) electrons. The van der Waals surface area contributed by atoms with Gasteiger partial charge in [-0.2, -0.15) is 0 Å². The third-order valence-corrected chi connectivity index (χ3v) is 5.04. The van der Waals surface area contributed by atoms with Crippen LogP contribution in [0.25, 0.3) is 0 Å². The van der Waals surface area contributed by atoms with Gasteiger partial charge in [0.2, 0.25) is 5.91 Å². The van der Waals surface area contributed by atoms with Crippen molar-refractivity contribution in [2.45, 2.75) is 51.2 Å². The minimum atomic E-state index is 0.159. The average Bonchev–Trinajstić information content (AvgIpc) is 3.13. The molecular weight excluding hydrogens is 288 g/mol. The first-order valence-corrected chi connectivity index (χ1v) is 8.98. The van der Waals surface area contributed by atoms with Gasteiger partial charge in [-0.3, -0.25) is 4.79 Å². The number of nitrogens with one attached hydrogen (secondary N) is 1. The summed E-state index contributed by atoms with van der Waals surface area (Å²) in [5.41, 5.74) is 2.58. The molecule has 1 aromatic rings. The Kier molecular flexibility index (Phi) is 5.68. The molecule has 0 aromatic heterocycles. The number of hydrogen-bond donors (Lipinski definition) is 1. The zero-order chi connectivity index (χ0) is 16.1. The molecule has 1 N–H and O–H groups in total. The second kappa shape index (κ2) is 7.93. The fourth-order valence-electron chi connectivity index (χ4n) is 3.58. The van der Waals surface area contributed by atoms with E-state index in [1.807, 2.05) is 0 Å². The summed E-state index contributed by atoms with van der Waals surface area (Å²) < 4.78 is 5.64. The minimum Gasteiger partial charge on any atom is -0.378 e. The number of carbonyl (C=O) groups is 1. The van der Waals surface area contributed by atoms with E-state index in [9.17, 15) is 4.79 Å². The van der Waals surface area contributed by atoms with Crippen molar-refractivity contribution in [1.29, 1.82) is 0 Å². The van der Waals surface area contributed by atoms with Gasteiger partial charge in [-0.05, 0) is 36.8 Å². The number of aryl methyl sites for hydroxylation is 1. The van der Waals surface area contributed by atoms with Crippen LogP contribution >= 0.6 is 0 Å². The Hall–Kier alpha value is -1.39. The number of benzene rings is 1. The predicted octanol–water partition coefficient (Wildman–Crippen LogP) is 2.68. The highest BCUT2D eigenvalue weighted by molar-refractivity contribution is 5.77. The van der Waals surface area contributed by atoms with Crippen LogP contribution in [0.1, 0.15) is 49.8 Å². The molecule has 2 saturated heterocycles. The summed E-state index contributed by atoms with van der Waals surface area (Å²) in [5.74, 6) is 0.270. The molecule has 1 aromatic carbocycles. The van der Waals surface area contributed by atoms with Gasteiger partial charge in [0.15, 0.2) is 0 Å². The molecule has 0 saturated carbocycles. The largest absolute Gasteiger partial charge is 0.378 e. The zero-order valence-corrected chi connectivity index (χ0v) is 14.1. The van der Waals surface area contributed by atoms with Gasteiger partial charge in [-0.15, -0.1) is 0 Å². The van der Waals surface area contributed by atoms with Crippen molar-refractivity contribution in [3.8, 4) is 0 Å². The first kappa shape index (κ1) is 16.5. The van der Waals surface area contributed by atoms with Gasteiger partial charge in [0.1, 0.15) is 0 Å². The number of carbonyl (C=O) groups excluding carboxylic acids is 1. The molecule has 4 heteroatoms. The maximum absolute atomic E-state index is 12.7. The quantitative estimate of drug-likeness (QED) is 0.908. The molecule has 2 fully saturated rings. The lowest BCUT2D eigenvalue weighted by Crippen LogP contribution is -2.48. The van der Waals surface area contributed by atoms with Crippen molar-refractivity contribution in [3.63, 3.8) is 0 Å². The first-order valence-electron chi connectivity index (χ1n) is 8.98. The summed E-state index contributed by atoms with van der Waals surface area (Å²) in [6.07, 6.45) is 5.06. The summed E-state index contributed by atoms with van der Waals surface area (Å²) >= 11 is 0. The van der Waals surface area contributed by atoms with E-state index >= 15 is 0 Å². The van der Waals surface area contributed by atoms with Gasteiger partial charge in [0, 0.05) is 32.7 Å².